The summed E-state index contributed by atoms with van der Waals surface area (Å²) in [4.78, 5) is 7.99. The number of rotatable bonds is 5. The van der Waals surface area contributed by atoms with Crippen molar-refractivity contribution in [2.45, 2.75) is 13.3 Å². The molecule has 2 aromatic rings. The molecule has 1 heterocycles. The van der Waals surface area contributed by atoms with Crippen LogP contribution in [0, 0.1) is 0 Å². The second-order valence-corrected chi connectivity index (χ2v) is 4.21. The van der Waals surface area contributed by atoms with Gasteiger partial charge in [0.25, 0.3) is 0 Å². The van der Waals surface area contributed by atoms with Crippen molar-refractivity contribution >= 4 is 23.0 Å². The molecular weight excluding hydrogens is 299 g/mol. The summed E-state index contributed by atoms with van der Waals surface area (Å²) in [5.74, 6) is 0.537. The average Bonchev–Trinajstić information content (AvgIpc) is 2.44. The largest absolute Gasteiger partial charge is 0.573 e. The molecule has 9 heteroatoms. The SMILES string of the molecule is CCNc1ncnc(Nc2ccc(OC(F)(F)F)cc2)c1N. The van der Waals surface area contributed by atoms with Crippen LogP contribution in [0.15, 0.2) is 30.6 Å². The van der Waals surface area contributed by atoms with E-state index in [9.17, 15) is 13.2 Å². The van der Waals surface area contributed by atoms with Gasteiger partial charge in [-0.25, -0.2) is 9.97 Å². The zero-order valence-corrected chi connectivity index (χ0v) is 11.6. The van der Waals surface area contributed by atoms with Gasteiger partial charge < -0.3 is 21.1 Å². The smallest absolute Gasteiger partial charge is 0.406 e. The van der Waals surface area contributed by atoms with Gasteiger partial charge in [0.15, 0.2) is 11.6 Å². The van der Waals surface area contributed by atoms with Gasteiger partial charge in [-0.1, -0.05) is 0 Å². The molecule has 0 fully saturated rings. The minimum Gasteiger partial charge on any atom is -0.406 e. The molecule has 0 radical (unpaired) electrons. The lowest BCUT2D eigenvalue weighted by Crippen LogP contribution is -2.17. The number of nitrogens with zero attached hydrogens (tertiary/aromatic N) is 2. The van der Waals surface area contributed by atoms with E-state index in [4.69, 9.17) is 5.73 Å². The Hall–Kier alpha value is -2.71. The second kappa shape index (κ2) is 6.37. The molecule has 2 rings (SSSR count). The first-order valence-electron chi connectivity index (χ1n) is 6.36. The highest BCUT2D eigenvalue weighted by Gasteiger charge is 2.30. The number of benzene rings is 1. The van der Waals surface area contributed by atoms with Crippen LogP contribution in [-0.4, -0.2) is 22.9 Å². The first-order valence-corrected chi connectivity index (χ1v) is 6.36. The fourth-order valence-electron chi connectivity index (χ4n) is 1.68. The van der Waals surface area contributed by atoms with Crippen LogP contribution in [0.3, 0.4) is 0 Å². The van der Waals surface area contributed by atoms with Gasteiger partial charge in [0.1, 0.15) is 17.8 Å². The summed E-state index contributed by atoms with van der Waals surface area (Å²) in [5.41, 5.74) is 6.74. The molecule has 0 atom stereocenters. The topological polar surface area (TPSA) is 85.1 Å². The van der Waals surface area contributed by atoms with Gasteiger partial charge in [-0.2, -0.15) is 0 Å². The van der Waals surface area contributed by atoms with Crippen LogP contribution in [-0.2, 0) is 0 Å². The zero-order valence-electron chi connectivity index (χ0n) is 11.6. The minimum atomic E-state index is -4.72. The molecule has 0 saturated carbocycles. The highest BCUT2D eigenvalue weighted by atomic mass is 19.4. The van der Waals surface area contributed by atoms with Gasteiger partial charge >= 0.3 is 6.36 Å². The molecule has 1 aromatic carbocycles. The van der Waals surface area contributed by atoms with Crippen LogP contribution in [0.2, 0.25) is 0 Å². The summed E-state index contributed by atoms with van der Waals surface area (Å²) in [6, 6.07) is 5.24. The van der Waals surface area contributed by atoms with E-state index < -0.39 is 6.36 Å². The van der Waals surface area contributed by atoms with Crippen LogP contribution in [0.5, 0.6) is 5.75 Å². The van der Waals surface area contributed by atoms with Gasteiger partial charge in [-0.15, -0.1) is 13.2 Å². The zero-order chi connectivity index (χ0) is 16.2. The van der Waals surface area contributed by atoms with Crippen LogP contribution in [0.4, 0.5) is 36.2 Å². The minimum absolute atomic E-state index is 0.304. The van der Waals surface area contributed by atoms with E-state index in [1.807, 2.05) is 6.92 Å². The molecule has 0 aliphatic carbocycles. The number of hydrogen-bond donors (Lipinski definition) is 3. The van der Waals surface area contributed by atoms with Gasteiger partial charge in [-0.3, -0.25) is 0 Å². The third kappa shape index (κ3) is 4.14. The van der Waals surface area contributed by atoms with Crippen molar-refractivity contribution in [1.29, 1.82) is 0 Å². The Balaban J connectivity index is 2.13. The first-order chi connectivity index (χ1) is 10.4. The van der Waals surface area contributed by atoms with E-state index in [-0.39, 0.29) is 5.75 Å². The highest BCUT2D eigenvalue weighted by Crippen LogP contribution is 2.28. The number of halogens is 3. The summed E-state index contributed by atoms with van der Waals surface area (Å²) in [7, 11) is 0. The van der Waals surface area contributed by atoms with Crippen molar-refractivity contribution in [3.63, 3.8) is 0 Å². The van der Waals surface area contributed by atoms with E-state index in [0.29, 0.717) is 29.6 Å². The number of ether oxygens (including phenoxy) is 1. The fraction of sp³-hybridized carbons (Fsp3) is 0.231. The Labute approximate surface area is 124 Å². The van der Waals surface area contributed by atoms with Crippen LogP contribution < -0.4 is 21.1 Å². The molecule has 0 unspecified atom stereocenters. The number of nitrogens with one attached hydrogen (secondary N) is 2. The van der Waals surface area contributed by atoms with Crippen LogP contribution in [0.1, 0.15) is 6.92 Å². The third-order valence-electron chi connectivity index (χ3n) is 2.58. The van der Waals surface area contributed by atoms with Crippen molar-refractivity contribution in [3.05, 3.63) is 30.6 Å². The average molecular weight is 313 g/mol. The molecule has 118 valence electrons. The number of nitrogens with two attached hydrogens (primary N) is 1. The van der Waals surface area contributed by atoms with Gasteiger partial charge in [0.05, 0.1) is 0 Å². The standard InChI is InChI=1S/C13H14F3N5O/c1-2-18-11-10(17)12(20-7-19-11)21-8-3-5-9(6-4-8)22-13(14,15)16/h3-7H,2,17H2,1H3,(H2,18,19,20,21). The predicted octanol–water partition coefficient (Wildman–Crippen LogP) is 3.13. The van der Waals surface area contributed by atoms with Gasteiger partial charge in [-0.05, 0) is 31.2 Å². The van der Waals surface area contributed by atoms with Crippen molar-refractivity contribution in [1.82, 2.24) is 9.97 Å². The number of anilines is 4. The predicted molar refractivity (Wildman–Crippen MR) is 77.0 cm³/mol. The normalized spacial score (nSPS) is 11.1. The van der Waals surface area contributed by atoms with E-state index in [0.717, 1.165) is 0 Å². The Morgan fingerprint density at radius 3 is 2.36 bits per heavy atom. The lowest BCUT2D eigenvalue weighted by Gasteiger charge is -2.12. The quantitative estimate of drug-likeness (QED) is 0.786. The molecule has 4 N–H and O–H groups in total. The maximum absolute atomic E-state index is 12.1. The van der Waals surface area contributed by atoms with Crippen LogP contribution >= 0.6 is 0 Å². The second-order valence-electron chi connectivity index (χ2n) is 4.21. The molecule has 0 bridgehead atoms. The summed E-state index contributed by atoms with van der Waals surface area (Å²) >= 11 is 0. The number of nitrogen functional groups attached to an aromatic ring is 1. The molecular formula is C13H14F3N5O. The first kappa shape index (κ1) is 15.7. The lowest BCUT2D eigenvalue weighted by molar-refractivity contribution is -0.274. The van der Waals surface area contributed by atoms with Crippen molar-refractivity contribution in [2.24, 2.45) is 0 Å². The molecule has 0 amide bonds. The van der Waals surface area contributed by atoms with E-state index >= 15 is 0 Å². The van der Waals surface area contributed by atoms with Crippen molar-refractivity contribution < 1.29 is 17.9 Å². The Bertz CT molecular complexity index is 631. The monoisotopic (exact) mass is 313 g/mol. The summed E-state index contributed by atoms with van der Waals surface area (Å²) in [6.07, 6.45) is -3.38. The molecule has 0 aliphatic rings. The number of hydrogen-bond acceptors (Lipinski definition) is 6. The number of aromatic nitrogens is 2. The Kier molecular flexibility index (Phi) is 4.54. The maximum Gasteiger partial charge on any atom is 0.573 e. The molecule has 6 nitrogen and oxygen atoms in total. The van der Waals surface area contributed by atoms with Crippen LogP contribution in [0.25, 0.3) is 0 Å². The molecule has 0 aliphatic heterocycles. The van der Waals surface area contributed by atoms with Gasteiger partial charge in [0, 0.05) is 12.2 Å². The highest BCUT2D eigenvalue weighted by molar-refractivity contribution is 5.77. The van der Waals surface area contributed by atoms with E-state index in [1.54, 1.807) is 0 Å². The number of alkyl halides is 3. The van der Waals surface area contributed by atoms with Crippen molar-refractivity contribution in [3.8, 4) is 5.75 Å². The molecule has 1 aromatic heterocycles. The summed E-state index contributed by atoms with van der Waals surface area (Å²) in [5, 5.41) is 5.88. The summed E-state index contributed by atoms with van der Waals surface area (Å²) in [6.45, 7) is 2.54. The van der Waals surface area contributed by atoms with E-state index in [1.165, 1.54) is 30.6 Å². The van der Waals surface area contributed by atoms with E-state index in [2.05, 4.69) is 25.3 Å². The Morgan fingerprint density at radius 2 is 1.77 bits per heavy atom. The maximum atomic E-state index is 12.1. The summed E-state index contributed by atoms with van der Waals surface area (Å²) < 4.78 is 40.0. The third-order valence-corrected chi connectivity index (χ3v) is 2.58. The molecule has 0 spiro atoms. The molecule has 0 saturated heterocycles. The molecule has 22 heavy (non-hydrogen) atoms. The Morgan fingerprint density at radius 1 is 1.14 bits per heavy atom. The fourth-order valence-corrected chi connectivity index (χ4v) is 1.68. The van der Waals surface area contributed by atoms with Gasteiger partial charge in [0.2, 0.25) is 0 Å². The van der Waals surface area contributed by atoms with Crippen molar-refractivity contribution in [2.75, 3.05) is 22.9 Å². The lowest BCUT2D eigenvalue weighted by atomic mass is 10.3.